The summed E-state index contributed by atoms with van der Waals surface area (Å²) in [5.74, 6) is -1.03. The fourth-order valence-electron chi connectivity index (χ4n) is 2.75. The van der Waals surface area contributed by atoms with Crippen molar-refractivity contribution in [2.75, 3.05) is 24.2 Å². The first kappa shape index (κ1) is 23.0. The van der Waals surface area contributed by atoms with Gasteiger partial charge in [0.1, 0.15) is 17.1 Å². The summed E-state index contributed by atoms with van der Waals surface area (Å²) < 4.78 is 44.0. The maximum atomic E-state index is 12.7. The fraction of sp³-hybridized carbons (Fsp3) is 0.421. The number of carbonyl (C=O) groups is 1. The summed E-state index contributed by atoms with van der Waals surface area (Å²) >= 11 is 0. The zero-order valence-corrected chi connectivity index (χ0v) is 16.7. The number of Topliss-reactive ketones (excluding diaryl/α,β-unsaturated/α-hetero) is 1. The molecule has 0 aliphatic rings. The molecule has 0 aliphatic heterocycles. The third-order valence-corrected chi connectivity index (χ3v) is 4.13. The summed E-state index contributed by atoms with van der Waals surface area (Å²) in [5, 5.41) is 2.66. The van der Waals surface area contributed by atoms with Crippen LogP contribution in [0, 0.1) is 5.92 Å². The van der Waals surface area contributed by atoms with Crippen LogP contribution in [0.4, 0.5) is 24.7 Å². The second-order valence-corrected chi connectivity index (χ2v) is 7.09. The maximum Gasteiger partial charge on any atom is 0.422 e. The van der Waals surface area contributed by atoms with E-state index in [4.69, 9.17) is 10.5 Å². The van der Waals surface area contributed by atoms with Crippen molar-refractivity contribution in [2.45, 2.75) is 26.6 Å². The van der Waals surface area contributed by atoms with Gasteiger partial charge in [0, 0.05) is 13.6 Å². The van der Waals surface area contributed by atoms with Gasteiger partial charge in [-0.25, -0.2) is 4.79 Å². The van der Waals surface area contributed by atoms with Crippen LogP contribution in [0.25, 0.3) is 0 Å². The molecule has 0 spiro atoms. The number of carbonyl (C=O) groups excluding carboxylic acids is 1. The van der Waals surface area contributed by atoms with Crippen LogP contribution < -0.4 is 27.0 Å². The van der Waals surface area contributed by atoms with E-state index in [-0.39, 0.29) is 35.3 Å². The van der Waals surface area contributed by atoms with E-state index in [9.17, 15) is 27.6 Å². The lowest BCUT2D eigenvalue weighted by Crippen LogP contribution is -2.43. The molecule has 3 N–H and O–H groups in total. The molecular formula is C19H23F3N4O4. The van der Waals surface area contributed by atoms with Gasteiger partial charge in [-0.1, -0.05) is 26.0 Å². The molecule has 1 aromatic carbocycles. The highest BCUT2D eigenvalue weighted by Crippen LogP contribution is 2.26. The number of para-hydroxylation sites is 2. The zero-order chi connectivity index (χ0) is 22.6. The van der Waals surface area contributed by atoms with Crippen molar-refractivity contribution in [3.63, 3.8) is 0 Å². The van der Waals surface area contributed by atoms with E-state index in [2.05, 4.69) is 5.32 Å². The molecule has 0 bridgehead atoms. The lowest BCUT2D eigenvalue weighted by atomic mass is 10.1. The van der Waals surface area contributed by atoms with E-state index in [0.717, 1.165) is 9.13 Å². The van der Waals surface area contributed by atoms with E-state index < -0.39 is 36.4 Å². The van der Waals surface area contributed by atoms with Gasteiger partial charge in [-0.15, -0.1) is 0 Å². The molecule has 1 aromatic heterocycles. The first-order valence-corrected chi connectivity index (χ1v) is 9.07. The number of ketones is 1. The SMILES string of the molecule is CC(C)Cn1c(N)c(C(=O)CNc2ccccc2OCC(F)(F)F)c(=O)n(C)c1=O. The van der Waals surface area contributed by atoms with Crippen LogP contribution in [0.2, 0.25) is 0 Å². The molecule has 0 amide bonds. The third-order valence-electron chi connectivity index (χ3n) is 4.13. The molecule has 164 valence electrons. The summed E-state index contributed by atoms with van der Waals surface area (Å²) in [6.45, 7) is 1.97. The summed E-state index contributed by atoms with van der Waals surface area (Å²) in [5.41, 5.74) is 4.25. The fourth-order valence-corrected chi connectivity index (χ4v) is 2.75. The standard InChI is InChI=1S/C19H23F3N4O4/c1-11(2)9-26-16(23)15(17(28)25(3)18(26)29)13(27)8-24-12-6-4-5-7-14(12)30-10-19(20,21)22/h4-7,11,24H,8-10,23H2,1-3H3. The van der Waals surface area contributed by atoms with Crippen molar-refractivity contribution >= 4 is 17.3 Å². The molecule has 8 nitrogen and oxygen atoms in total. The zero-order valence-electron chi connectivity index (χ0n) is 16.7. The molecule has 0 saturated carbocycles. The summed E-state index contributed by atoms with van der Waals surface area (Å²) in [6, 6.07) is 5.77. The lowest BCUT2D eigenvalue weighted by molar-refractivity contribution is -0.153. The number of alkyl halides is 3. The quantitative estimate of drug-likeness (QED) is 0.623. The molecule has 2 rings (SSSR count). The van der Waals surface area contributed by atoms with Crippen molar-refractivity contribution in [1.82, 2.24) is 9.13 Å². The number of halogens is 3. The molecule has 0 fully saturated rings. The minimum atomic E-state index is -4.52. The Morgan fingerprint density at radius 3 is 2.47 bits per heavy atom. The van der Waals surface area contributed by atoms with Crippen LogP contribution in [0.15, 0.2) is 33.9 Å². The molecule has 0 saturated heterocycles. The van der Waals surface area contributed by atoms with Crippen molar-refractivity contribution in [3.8, 4) is 5.75 Å². The number of benzene rings is 1. The van der Waals surface area contributed by atoms with Crippen LogP contribution in [0.3, 0.4) is 0 Å². The first-order valence-electron chi connectivity index (χ1n) is 9.07. The normalized spacial score (nSPS) is 11.6. The van der Waals surface area contributed by atoms with Crippen molar-refractivity contribution in [3.05, 3.63) is 50.7 Å². The Balaban J connectivity index is 2.29. The molecule has 1 heterocycles. The number of rotatable bonds is 8. The van der Waals surface area contributed by atoms with Gasteiger partial charge in [0.2, 0.25) is 0 Å². The maximum absolute atomic E-state index is 12.7. The monoisotopic (exact) mass is 428 g/mol. The van der Waals surface area contributed by atoms with Crippen molar-refractivity contribution in [2.24, 2.45) is 13.0 Å². The van der Waals surface area contributed by atoms with Gasteiger partial charge in [-0.05, 0) is 18.1 Å². The molecular weight excluding hydrogens is 405 g/mol. The Kier molecular flexibility index (Phi) is 6.96. The number of ether oxygens (including phenoxy) is 1. The van der Waals surface area contributed by atoms with E-state index in [0.29, 0.717) is 0 Å². The molecule has 11 heteroatoms. The number of nitrogens with one attached hydrogen (secondary N) is 1. The molecule has 0 atom stereocenters. The summed E-state index contributed by atoms with van der Waals surface area (Å²) in [7, 11) is 1.24. The predicted octanol–water partition coefficient (Wildman–Crippen LogP) is 2.02. The van der Waals surface area contributed by atoms with Gasteiger partial charge in [-0.3, -0.25) is 18.7 Å². The average Bonchev–Trinajstić information content (AvgIpc) is 2.66. The topological polar surface area (TPSA) is 108 Å². The lowest BCUT2D eigenvalue weighted by Gasteiger charge is -2.17. The summed E-state index contributed by atoms with van der Waals surface area (Å²) in [6.07, 6.45) is -4.52. The Morgan fingerprint density at radius 1 is 1.23 bits per heavy atom. The summed E-state index contributed by atoms with van der Waals surface area (Å²) in [4.78, 5) is 37.5. The van der Waals surface area contributed by atoms with Gasteiger partial charge in [0.25, 0.3) is 5.56 Å². The largest absolute Gasteiger partial charge is 0.482 e. The van der Waals surface area contributed by atoms with E-state index >= 15 is 0 Å². The number of nitrogens with zero attached hydrogens (tertiary/aromatic N) is 2. The smallest absolute Gasteiger partial charge is 0.422 e. The Labute approximate surface area is 170 Å². The highest BCUT2D eigenvalue weighted by molar-refractivity contribution is 6.02. The van der Waals surface area contributed by atoms with Gasteiger partial charge in [0.15, 0.2) is 12.4 Å². The van der Waals surface area contributed by atoms with Gasteiger partial charge in [0.05, 0.1) is 12.2 Å². The van der Waals surface area contributed by atoms with E-state index in [1.54, 1.807) is 6.07 Å². The Hall–Kier alpha value is -3.24. The van der Waals surface area contributed by atoms with Crippen LogP contribution in [0.5, 0.6) is 5.75 Å². The molecule has 0 radical (unpaired) electrons. The third kappa shape index (κ3) is 5.43. The second kappa shape index (κ2) is 9.06. The van der Waals surface area contributed by atoms with Crippen LogP contribution in [0.1, 0.15) is 24.2 Å². The highest BCUT2D eigenvalue weighted by atomic mass is 19.4. The van der Waals surface area contributed by atoms with Crippen molar-refractivity contribution < 1.29 is 22.7 Å². The molecule has 0 unspecified atom stereocenters. The minimum absolute atomic E-state index is 0.0289. The number of aromatic nitrogens is 2. The highest BCUT2D eigenvalue weighted by Gasteiger charge is 2.29. The number of nitrogen functional groups attached to an aromatic ring is 1. The van der Waals surface area contributed by atoms with Crippen LogP contribution in [-0.4, -0.2) is 34.2 Å². The Morgan fingerprint density at radius 2 is 1.87 bits per heavy atom. The molecule has 30 heavy (non-hydrogen) atoms. The van der Waals surface area contributed by atoms with E-state index in [1.165, 1.54) is 25.2 Å². The minimum Gasteiger partial charge on any atom is -0.482 e. The number of nitrogens with two attached hydrogens (primary N) is 1. The average molecular weight is 428 g/mol. The van der Waals surface area contributed by atoms with Crippen LogP contribution in [-0.2, 0) is 13.6 Å². The van der Waals surface area contributed by atoms with E-state index in [1.807, 2.05) is 13.8 Å². The van der Waals surface area contributed by atoms with Gasteiger partial charge >= 0.3 is 11.9 Å². The van der Waals surface area contributed by atoms with Gasteiger partial charge < -0.3 is 15.8 Å². The second-order valence-electron chi connectivity index (χ2n) is 7.09. The number of hydrogen-bond donors (Lipinski definition) is 2. The van der Waals surface area contributed by atoms with Gasteiger partial charge in [-0.2, -0.15) is 13.2 Å². The van der Waals surface area contributed by atoms with Crippen LogP contribution >= 0.6 is 0 Å². The Bertz CT molecular complexity index is 1040. The molecule has 2 aromatic rings. The molecule has 0 aliphatic carbocycles. The number of hydrogen-bond acceptors (Lipinski definition) is 6. The number of anilines is 2. The first-order chi connectivity index (χ1) is 13.9. The van der Waals surface area contributed by atoms with Crippen molar-refractivity contribution in [1.29, 1.82) is 0 Å². The predicted molar refractivity (Wildman–Crippen MR) is 106 cm³/mol.